The minimum absolute atomic E-state index is 0.220. The topological polar surface area (TPSA) is 58.2 Å². The molecule has 0 heterocycles. The minimum Gasteiger partial charge on any atom is -0.327 e. The molecule has 0 radical (unpaired) electrons. The van der Waals surface area contributed by atoms with Crippen LogP contribution in [0.2, 0.25) is 20.1 Å². The zero-order valence-electron chi connectivity index (χ0n) is 11.9. The van der Waals surface area contributed by atoms with Crippen molar-refractivity contribution >= 4 is 58.2 Å². The molecule has 0 fully saturated rings. The van der Waals surface area contributed by atoms with E-state index >= 15 is 0 Å². The van der Waals surface area contributed by atoms with Gasteiger partial charge in [-0.1, -0.05) is 46.4 Å². The Labute approximate surface area is 158 Å². The molecule has 0 spiro atoms. The van der Waals surface area contributed by atoms with Gasteiger partial charge in [0.2, 0.25) is 0 Å². The lowest BCUT2D eigenvalue weighted by molar-refractivity contribution is 0.0956. The summed E-state index contributed by atoms with van der Waals surface area (Å²) in [5, 5.41) is 6.23. The summed E-state index contributed by atoms with van der Waals surface area (Å²) in [6, 6.07) is 9.07. The van der Waals surface area contributed by atoms with E-state index in [0.717, 1.165) is 0 Å². The van der Waals surface area contributed by atoms with E-state index in [-0.39, 0.29) is 21.2 Å². The average Bonchev–Trinajstić information content (AvgIpc) is 2.55. The van der Waals surface area contributed by atoms with Crippen LogP contribution in [0.1, 0.15) is 20.7 Å². The van der Waals surface area contributed by atoms with Crippen LogP contribution in [-0.4, -0.2) is 11.8 Å². The van der Waals surface area contributed by atoms with Gasteiger partial charge in [0, 0.05) is 22.4 Å². The van der Waals surface area contributed by atoms with Gasteiger partial charge in [0.1, 0.15) is 0 Å². The molecule has 2 amide bonds. The molecule has 0 aliphatic heterocycles. The van der Waals surface area contributed by atoms with E-state index in [1.54, 1.807) is 12.1 Å². The van der Waals surface area contributed by atoms with Gasteiger partial charge in [0.25, 0.3) is 11.8 Å². The van der Waals surface area contributed by atoms with Crippen molar-refractivity contribution in [1.82, 2.24) is 10.6 Å². The van der Waals surface area contributed by atoms with Crippen LogP contribution in [0.4, 0.5) is 0 Å². The molecular formula is C16H10Cl4N2O2. The Hall–Kier alpha value is -1.72. The maximum Gasteiger partial charge on any atom is 0.256 e. The number of nitrogens with one attached hydrogen (secondary N) is 2. The first kappa shape index (κ1) is 18.6. The molecule has 0 bridgehead atoms. The number of rotatable bonds is 4. The van der Waals surface area contributed by atoms with Gasteiger partial charge in [-0.05, 0) is 36.4 Å². The summed E-state index contributed by atoms with van der Waals surface area (Å²) in [4.78, 5) is 23.9. The lowest BCUT2D eigenvalue weighted by Gasteiger charge is -2.05. The fourth-order valence-corrected chi connectivity index (χ4v) is 2.48. The maximum atomic E-state index is 12.0. The summed E-state index contributed by atoms with van der Waals surface area (Å²) in [6.07, 6.45) is 2.52. The second kappa shape index (κ2) is 8.40. The monoisotopic (exact) mass is 402 g/mol. The van der Waals surface area contributed by atoms with E-state index in [2.05, 4.69) is 10.6 Å². The summed E-state index contributed by atoms with van der Waals surface area (Å²) in [7, 11) is 0. The van der Waals surface area contributed by atoms with Crippen molar-refractivity contribution in [2.75, 3.05) is 0 Å². The normalized spacial score (nSPS) is 10.7. The Morgan fingerprint density at radius 1 is 0.708 bits per heavy atom. The highest BCUT2D eigenvalue weighted by atomic mass is 35.5. The highest BCUT2D eigenvalue weighted by Gasteiger charge is 2.11. The molecule has 2 aromatic rings. The first-order valence-electron chi connectivity index (χ1n) is 6.55. The van der Waals surface area contributed by atoms with Crippen molar-refractivity contribution in [3.8, 4) is 0 Å². The lowest BCUT2D eigenvalue weighted by Crippen LogP contribution is -2.21. The third-order valence-corrected chi connectivity index (χ3v) is 3.99. The zero-order chi connectivity index (χ0) is 17.7. The molecule has 2 rings (SSSR count). The van der Waals surface area contributed by atoms with Crippen molar-refractivity contribution in [3.63, 3.8) is 0 Å². The largest absolute Gasteiger partial charge is 0.327 e. The number of hydrogen-bond donors (Lipinski definition) is 2. The number of halogens is 4. The quantitative estimate of drug-likeness (QED) is 0.760. The van der Waals surface area contributed by atoms with E-state index in [0.29, 0.717) is 10.0 Å². The predicted molar refractivity (Wildman–Crippen MR) is 97.0 cm³/mol. The summed E-state index contributed by atoms with van der Waals surface area (Å²) in [5.41, 5.74) is 0.441. The van der Waals surface area contributed by atoms with Gasteiger partial charge in [0.05, 0.1) is 21.2 Å². The highest BCUT2D eigenvalue weighted by Crippen LogP contribution is 2.21. The van der Waals surface area contributed by atoms with Crippen LogP contribution in [0.3, 0.4) is 0 Å². The van der Waals surface area contributed by atoms with Crippen molar-refractivity contribution in [1.29, 1.82) is 0 Å². The Balaban J connectivity index is 1.97. The van der Waals surface area contributed by atoms with Crippen LogP contribution in [0.15, 0.2) is 48.8 Å². The number of benzene rings is 2. The molecule has 0 aromatic heterocycles. The van der Waals surface area contributed by atoms with Crippen molar-refractivity contribution in [2.45, 2.75) is 0 Å². The molecular weight excluding hydrogens is 394 g/mol. The van der Waals surface area contributed by atoms with Gasteiger partial charge >= 0.3 is 0 Å². The summed E-state index contributed by atoms with van der Waals surface area (Å²) in [5.74, 6) is -0.928. The highest BCUT2D eigenvalue weighted by molar-refractivity contribution is 6.36. The number of carbonyl (C=O) groups excluding carboxylic acids is 2. The zero-order valence-corrected chi connectivity index (χ0v) is 15.0. The molecule has 0 saturated heterocycles. The van der Waals surface area contributed by atoms with Crippen LogP contribution in [0, 0.1) is 0 Å². The van der Waals surface area contributed by atoms with Gasteiger partial charge in [-0.2, -0.15) is 0 Å². The van der Waals surface area contributed by atoms with Crippen molar-refractivity contribution < 1.29 is 9.59 Å². The van der Waals surface area contributed by atoms with Crippen molar-refractivity contribution in [3.05, 3.63) is 80.0 Å². The summed E-state index contributed by atoms with van der Waals surface area (Å²) >= 11 is 23.5. The third-order valence-electron chi connectivity index (χ3n) is 2.86. The Morgan fingerprint density at radius 3 is 1.46 bits per heavy atom. The molecule has 4 nitrogen and oxygen atoms in total. The lowest BCUT2D eigenvalue weighted by atomic mass is 10.2. The molecule has 0 saturated carbocycles. The van der Waals surface area contributed by atoms with Crippen LogP contribution < -0.4 is 10.6 Å². The van der Waals surface area contributed by atoms with Gasteiger partial charge < -0.3 is 10.6 Å². The van der Waals surface area contributed by atoms with Crippen LogP contribution >= 0.6 is 46.4 Å². The van der Waals surface area contributed by atoms with E-state index < -0.39 is 11.8 Å². The fourth-order valence-electron chi connectivity index (χ4n) is 1.73. The molecule has 0 unspecified atom stereocenters. The standard InChI is InChI=1S/C16H10Cl4N2O2/c17-9-1-3-13(19)11(7-9)15(23)21-5-6-22-16(24)12-8-10(18)2-4-14(12)20/h1-8H,(H,21,23)(H,22,24). The molecule has 24 heavy (non-hydrogen) atoms. The smallest absolute Gasteiger partial charge is 0.256 e. The molecule has 0 atom stereocenters. The third kappa shape index (κ3) is 4.89. The summed E-state index contributed by atoms with van der Waals surface area (Å²) < 4.78 is 0. The molecule has 0 aliphatic rings. The van der Waals surface area contributed by atoms with E-state index in [1.165, 1.54) is 36.7 Å². The first-order chi connectivity index (χ1) is 11.4. The minimum atomic E-state index is -0.464. The summed E-state index contributed by atoms with van der Waals surface area (Å²) in [6.45, 7) is 0. The molecule has 124 valence electrons. The molecule has 0 aliphatic carbocycles. The second-order valence-corrected chi connectivity index (χ2v) is 6.22. The SMILES string of the molecule is O=C(NC=CNC(=O)c1cc(Cl)ccc1Cl)c1cc(Cl)ccc1Cl. The number of amides is 2. The van der Waals surface area contributed by atoms with Gasteiger partial charge in [-0.3, -0.25) is 9.59 Å². The first-order valence-corrected chi connectivity index (χ1v) is 8.06. The van der Waals surface area contributed by atoms with Gasteiger partial charge in [-0.25, -0.2) is 0 Å². The van der Waals surface area contributed by atoms with Crippen molar-refractivity contribution in [2.24, 2.45) is 0 Å². The van der Waals surface area contributed by atoms with E-state index in [1.807, 2.05) is 0 Å². The van der Waals surface area contributed by atoms with Crippen LogP contribution in [-0.2, 0) is 0 Å². The number of hydrogen-bond acceptors (Lipinski definition) is 2. The van der Waals surface area contributed by atoms with E-state index in [9.17, 15) is 9.59 Å². The molecule has 2 N–H and O–H groups in total. The fraction of sp³-hybridized carbons (Fsp3) is 0. The second-order valence-electron chi connectivity index (χ2n) is 4.53. The number of carbonyl (C=O) groups is 2. The Bertz CT molecular complexity index is 754. The van der Waals surface area contributed by atoms with Gasteiger partial charge in [0.15, 0.2) is 0 Å². The average molecular weight is 404 g/mol. The van der Waals surface area contributed by atoms with Gasteiger partial charge in [-0.15, -0.1) is 0 Å². The molecule has 8 heteroatoms. The van der Waals surface area contributed by atoms with E-state index in [4.69, 9.17) is 46.4 Å². The van der Waals surface area contributed by atoms with Crippen LogP contribution in [0.5, 0.6) is 0 Å². The molecule has 2 aromatic carbocycles. The van der Waals surface area contributed by atoms with Crippen LogP contribution in [0.25, 0.3) is 0 Å². The predicted octanol–water partition coefficient (Wildman–Crippen LogP) is 4.93. The Kier molecular flexibility index (Phi) is 6.52. The maximum absolute atomic E-state index is 12.0. The Morgan fingerprint density at radius 2 is 1.08 bits per heavy atom.